The fourth-order valence-corrected chi connectivity index (χ4v) is 12.7. The van der Waals surface area contributed by atoms with Gasteiger partial charge in [-0.3, -0.25) is 28.3 Å². The SMILES string of the molecule is CC(=O)NC1C(OC2C(O)C(CO)OC(OC3C(COS(=O)(=O)O)OC(OCCCNC(=O)COCCOCCOCCNC(=O)CCCCC4SCC5NC(=O)NC54)C(NC(C)=O)C3O)C2O)OC(COS(=O)(=O)O)C(OC2OC(CO)C(O)C(O)C2O)C1O. The van der Waals surface area contributed by atoms with Crippen molar-refractivity contribution in [2.45, 2.75) is 186 Å². The molecule has 6 heterocycles. The second-order valence-electron chi connectivity index (χ2n) is 21.7. The van der Waals surface area contributed by atoms with Crippen molar-refractivity contribution in [3.8, 4) is 0 Å². The predicted octanol–water partition coefficient (Wildman–Crippen LogP) is -9.38. The highest BCUT2D eigenvalue weighted by atomic mass is 32.3. The van der Waals surface area contributed by atoms with E-state index in [2.05, 4.69) is 40.3 Å². The fraction of sp³-hybridized carbons (Fsp3) is 0.898. The summed E-state index contributed by atoms with van der Waals surface area (Å²) in [6.07, 6.45) is -33.3. The van der Waals surface area contributed by atoms with Crippen LogP contribution in [0.3, 0.4) is 0 Å². The first-order valence-corrected chi connectivity index (χ1v) is 32.8. The summed E-state index contributed by atoms with van der Waals surface area (Å²) >= 11 is 1.83. The Kier molecular flexibility index (Phi) is 30.7. The van der Waals surface area contributed by atoms with Gasteiger partial charge in [-0.15, -0.1) is 0 Å². The molecular formula is C49H84N6O33S3. The smallest absolute Gasteiger partial charge is 0.394 e. The van der Waals surface area contributed by atoms with Gasteiger partial charge < -0.3 is 130 Å². The van der Waals surface area contributed by atoms with Crippen LogP contribution >= 0.6 is 11.8 Å². The summed E-state index contributed by atoms with van der Waals surface area (Å²) in [5, 5.41) is 115. The van der Waals surface area contributed by atoms with Crippen LogP contribution < -0.4 is 31.9 Å². The molecule has 23 atom stereocenters. The molecule has 6 fully saturated rings. The first-order valence-electron chi connectivity index (χ1n) is 29.0. The number of urea groups is 1. The van der Waals surface area contributed by atoms with E-state index in [1.165, 1.54) is 0 Å². The quantitative estimate of drug-likeness (QED) is 0.0156. The largest absolute Gasteiger partial charge is 0.397 e. The molecule has 0 aromatic heterocycles. The van der Waals surface area contributed by atoms with E-state index < -0.39 is 188 Å². The average Bonchev–Trinajstić information content (AvgIpc) is 1.58. The van der Waals surface area contributed by atoms with Crippen LogP contribution in [-0.2, 0) is 100 Å². The second kappa shape index (κ2) is 36.5. The normalized spacial score (nSPS) is 36.0. The van der Waals surface area contributed by atoms with Crippen LogP contribution in [0.2, 0.25) is 0 Å². The zero-order valence-electron chi connectivity index (χ0n) is 49.3. The van der Waals surface area contributed by atoms with Crippen molar-refractivity contribution in [3.63, 3.8) is 0 Å². The Morgan fingerprint density at radius 1 is 0.560 bits per heavy atom. The summed E-state index contributed by atoms with van der Waals surface area (Å²) in [7, 11) is -10.6. The molecule has 6 aliphatic heterocycles. The molecule has 0 spiro atoms. The Morgan fingerprint density at radius 3 is 1.66 bits per heavy atom. The number of amides is 6. The van der Waals surface area contributed by atoms with E-state index in [4.69, 9.17) is 52.1 Å². The Labute approximate surface area is 526 Å². The lowest BCUT2D eigenvalue weighted by atomic mass is 9.94. The van der Waals surface area contributed by atoms with Crippen LogP contribution in [0.25, 0.3) is 0 Å². The van der Waals surface area contributed by atoms with Crippen LogP contribution in [0.15, 0.2) is 0 Å². The number of fused-ring (bicyclic) bond motifs is 1. The molecule has 0 aromatic carbocycles. The summed E-state index contributed by atoms with van der Waals surface area (Å²) < 4.78 is 137. The van der Waals surface area contributed by atoms with Crippen molar-refractivity contribution < 1.29 is 156 Å². The van der Waals surface area contributed by atoms with Gasteiger partial charge in [-0.1, -0.05) is 6.42 Å². The molecule has 0 saturated carbocycles. The maximum absolute atomic E-state index is 12.6. The van der Waals surface area contributed by atoms with Crippen LogP contribution in [0, 0.1) is 0 Å². The van der Waals surface area contributed by atoms with Crippen molar-refractivity contribution in [2.24, 2.45) is 0 Å². The third kappa shape index (κ3) is 23.4. The van der Waals surface area contributed by atoms with Crippen molar-refractivity contribution in [1.82, 2.24) is 31.9 Å². The third-order valence-corrected chi connectivity index (χ3v) is 17.3. The predicted molar refractivity (Wildman–Crippen MR) is 299 cm³/mol. The lowest BCUT2D eigenvalue weighted by molar-refractivity contribution is -0.377. The van der Waals surface area contributed by atoms with Gasteiger partial charge in [0.25, 0.3) is 0 Å². The molecule has 0 bridgehead atoms. The molecule has 23 unspecified atom stereocenters. The van der Waals surface area contributed by atoms with Gasteiger partial charge in [0.15, 0.2) is 25.2 Å². The monoisotopic (exact) mass is 1380 g/mol. The minimum Gasteiger partial charge on any atom is -0.394 e. The Balaban J connectivity index is 0.974. The van der Waals surface area contributed by atoms with E-state index in [9.17, 15) is 95.9 Å². The van der Waals surface area contributed by atoms with Gasteiger partial charge >= 0.3 is 26.8 Å². The van der Waals surface area contributed by atoms with Crippen LogP contribution in [0.4, 0.5) is 4.79 Å². The molecule has 0 aromatic rings. The van der Waals surface area contributed by atoms with E-state index in [1.54, 1.807) is 0 Å². The highest BCUT2D eigenvalue weighted by Crippen LogP contribution is 2.36. The summed E-state index contributed by atoms with van der Waals surface area (Å²) in [5.41, 5.74) is 0. The van der Waals surface area contributed by atoms with Crippen LogP contribution in [-0.4, -0.2) is 333 Å². The lowest BCUT2D eigenvalue weighted by Crippen LogP contribution is -2.70. The molecule has 6 saturated heterocycles. The first-order chi connectivity index (χ1) is 43.1. The number of aliphatic hydroxyl groups excluding tert-OH is 9. The average molecular weight is 1380 g/mol. The number of ether oxygens (including phenoxy) is 11. The van der Waals surface area contributed by atoms with E-state index in [-0.39, 0.29) is 83.2 Å². The maximum Gasteiger partial charge on any atom is 0.397 e. The van der Waals surface area contributed by atoms with E-state index in [1.807, 2.05) is 11.8 Å². The van der Waals surface area contributed by atoms with E-state index in [0.717, 1.165) is 38.9 Å². The number of hydrogen-bond acceptors (Lipinski definition) is 32. The Hall–Kier alpha value is -3.56. The number of thioether (sulfide) groups is 1. The highest BCUT2D eigenvalue weighted by Gasteiger charge is 2.57. The molecule has 526 valence electrons. The minimum atomic E-state index is -5.33. The highest BCUT2D eigenvalue weighted by molar-refractivity contribution is 8.00. The molecule has 6 rings (SSSR count). The molecule has 42 heteroatoms. The number of rotatable bonds is 37. The second-order valence-corrected chi connectivity index (χ2v) is 25.2. The summed E-state index contributed by atoms with van der Waals surface area (Å²) in [4.78, 5) is 61.4. The molecule has 17 N–H and O–H groups in total. The molecule has 39 nitrogen and oxygen atoms in total. The van der Waals surface area contributed by atoms with Gasteiger partial charge in [-0.2, -0.15) is 28.6 Å². The molecular weight excluding hydrogens is 1300 g/mol. The van der Waals surface area contributed by atoms with Crippen LogP contribution in [0.1, 0.15) is 46.0 Å². The molecule has 0 radical (unpaired) electrons. The first kappa shape index (κ1) is 76.5. The van der Waals surface area contributed by atoms with Crippen molar-refractivity contribution in [2.75, 3.05) is 91.5 Å². The van der Waals surface area contributed by atoms with E-state index >= 15 is 0 Å². The van der Waals surface area contributed by atoms with Crippen molar-refractivity contribution in [1.29, 1.82) is 0 Å². The number of carbonyl (C=O) groups is 5. The maximum atomic E-state index is 12.6. The van der Waals surface area contributed by atoms with Crippen LogP contribution in [0.5, 0.6) is 0 Å². The third-order valence-electron chi connectivity index (χ3n) is 14.9. The Morgan fingerprint density at radius 2 is 1.08 bits per heavy atom. The van der Waals surface area contributed by atoms with Gasteiger partial charge in [0, 0.05) is 44.4 Å². The van der Waals surface area contributed by atoms with Gasteiger partial charge in [0.05, 0.1) is 78.2 Å². The van der Waals surface area contributed by atoms with Crippen molar-refractivity contribution in [3.05, 3.63) is 0 Å². The minimum absolute atomic E-state index is 0.0119. The lowest BCUT2D eigenvalue weighted by Gasteiger charge is -2.50. The molecule has 6 aliphatic rings. The zero-order valence-corrected chi connectivity index (χ0v) is 51.8. The molecule has 91 heavy (non-hydrogen) atoms. The standard InChI is InChI=1S/C49H84N6O33S3/c1-22(58)52-33-37(64)42(87-48-41(68)44(36(63)26(17-57)83-48)88-46-34(53-23(2)59)38(65)43(28(85-46)19-81-91(73,74)75)86-47-40(67)39(66)35(62)25(16-56)82-47)27(18-80-90(70,71)72)84-45(33)79-10-5-8-50-31(61)20-78-15-14-77-13-12-76-11-9-51-30(60)7-4-3-6-29-32-24(21-89-29)54-49(69)55-32/h24-29,32-48,56-57,62-68H,3-21H2,1-2H3,(H,50,61)(H,51,60)(H,52,58)(H,53,59)(H2,54,55,69)(H,70,71,72)(H,73,74,75). The van der Waals surface area contributed by atoms with Gasteiger partial charge in [-0.25, -0.2) is 13.2 Å². The molecule has 6 amide bonds. The number of hydrogen-bond donors (Lipinski definition) is 17. The molecule has 0 aliphatic carbocycles. The topological polar surface area (TPSA) is 568 Å². The zero-order chi connectivity index (χ0) is 66.7. The number of aliphatic hydroxyl groups is 9. The summed E-state index contributed by atoms with van der Waals surface area (Å²) in [6, 6.07) is -3.35. The summed E-state index contributed by atoms with van der Waals surface area (Å²) in [5.74, 6) is -1.43. The van der Waals surface area contributed by atoms with Gasteiger partial charge in [0.2, 0.25) is 23.6 Å². The number of carbonyl (C=O) groups excluding carboxylic acids is 5. The van der Waals surface area contributed by atoms with E-state index in [0.29, 0.717) is 18.2 Å². The van der Waals surface area contributed by atoms with Gasteiger partial charge in [-0.05, 0) is 19.3 Å². The number of unbranched alkanes of at least 4 members (excludes halogenated alkanes) is 1. The van der Waals surface area contributed by atoms with Crippen molar-refractivity contribution >= 4 is 62.2 Å². The fourth-order valence-electron chi connectivity index (χ4n) is 10.5. The Bertz CT molecular complexity index is 2540. The van der Waals surface area contributed by atoms with Gasteiger partial charge in [0.1, 0.15) is 104 Å². The summed E-state index contributed by atoms with van der Waals surface area (Å²) in [6.45, 7) is -1.87. The number of nitrogens with one attached hydrogen (secondary N) is 6.